The van der Waals surface area contributed by atoms with E-state index in [-0.39, 0.29) is 11.6 Å². The van der Waals surface area contributed by atoms with Crippen LogP contribution in [0.25, 0.3) is 10.9 Å². The Hall–Kier alpha value is -3.25. The number of nitro groups is 1. The number of piperazine rings is 1. The fourth-order valence-electron chi connectivity index (χ4n) is 4.62. The number of hydrogen-bond acceptors (Lipinski definition) is 7. The Morgan fingerprint density at radius 2 is 1.91 bits per heavy atom. The van der Waals surface area contributed by atoms with Crippen molar-refractivity contribution in [2.45, 2.75) is 26.2 Å². The molecule has 1 aromatic carbocycles. The minimum Gasteiger partial charge on any atom is -0.357 e. The number of nitro benzene ring substituents is 1. The van der Waals surface area contributed by atoms with Crippen molar-refractivity contribution in [3.63, 3.8) is 0 Å². The smallest absolute Gasteiger partial charge is 0.270 e. The summed E-state index contributed by atoms with van der Waals surface area (Å²) in [4.78, 5) is 34.5. The predicted octanol–water partition coefficient (Wildman–Crippen LogP) is 2.79. The summed E-state index contributed by atoms with van der Waals surface area (Å²) in [6.45, 7) is 8.29. The van der Waals surface area contributed by atoms with Crippen LogP contribution in [0.15, 0.2) is 24.3 Å². The molecule has 0 unspecified atom stereocenters. The molecule has 2 saturated heterocycles. The molecule has 0 bridgehead atoms. The first-order chi connectivity index (χ1) is 15.5. The summed E-state index contributed by atoms with van der Waals surface area (Å²) in [7, 11) is 0. The van der Waals surface area contributed by atoms with Crippen LogP contribution in [0.1, 0.15) is 31.7 Å². The number of amides is 1. The molecule has 0 radical (unpaired) electrons. The summed E-state index contributed by atoms with van der Waals surface area (Å²) >= 11 is 0. The van der Waals surface area contributed by atoms with Gasteiger partial charge in [-0.05, 0) is 37.4 Å². The lowest BCUT2D eigenvalue weighted by Gasteiger charge is -2.36. The highest BCUT2D eigenvalue weighted by Crippen LogP contribution is 2.29. The van der Waals surface area contributed by atoms with Crippen molar-refractivity contribution in [1.82, 2.24) is 14.8 Å². The lowest BCUT2D eigenvalue weighted by molar-refractivity contribution is -0.384. The summed E-state index contributed by atoms with van der Waals surface area (Å²) in [5, 5.41) is 21.1. The fourth-order valence-corrected chi connectivity index (χ4v) is 4.62. The second-order valence-electron chi connectivity index (χ2n) is 8.55. The van der Waals surface area contributed by atoms with Crippen molar-refractivity contribution in [3.8, 4) is 6.07 Å². The Bertz CT molecular complexity index is 1050. The van der Waals surface area contributed by atoms with E-state index in [1.807, 2.05) is 4.90 Å². The zero-order valence-corrected chi connectivity index (χ0v) is 18.4. The highest BCUT2D eigenvalue weighted by molar-refractivity contribution is 5.88. The summed E-state index contributed by atoms with van der Waals surface area (Å²) in [5.74, 6) is 1.33. The standard InChI is InChI=1S/C23H28N6O3/c1-2-26-9-11-28(12-10-26)23(30)13-17-5-7-27(8-6-17)22-14-18(16-24)20-15-19(29(31)32)3-4-21(20)25-22/h3-4,14-15,17H,2,5-13H2,1H3. The number of piperidine rings is 1. The molecular weight excluding hydrogens is 408 g/mol. The van der Waals surface area contributed by atoms with E-state index in [2.05, 4.69) is 27.8 Å². The van der Waals surface area contributed by atoms with Crippen molar-refractivity contribution >= 4 is 28.3 Å². The molecule has 0 saturated carbocycles. The molecule has 0 N–H and O–H groups in total. The number of pyridine rings is 1. The summed E-state index contributed by atoms with van der Waals surface area (Å²) in [5.41, 5.74) is 0.913. The van der Waals surface area contributed by atoms with Crippen LogP contribution in [0.4, 0.5) is 11.5 Å². The summed E-state index contributed by atoms with van der Waals surface area (Å²) in [6, 6.07) is 8.28. The van der Waals surface area contributed by atoms with Gasteiger partial charge in [-0.15, -0.1) is 0 Å². The summed E-state index contributed by atoms with van der Waals surface area (Å²) in [6.07, 6.45) is 2.41. The zero-order chi connectivity index (χ0) is 22.7. The van der Waals surface area contributed by atoms with E-state index >= 15 is 0 Å². The molecule has 1 aromatic heterocycles. The van der Waals surface area contributed by atoms with Gasteiger partial charge in [-0.2, -0.15) is 5.26 Å². The Balaban J connectivity index is 1.39. The maximum atomic E-state index is 12.7. The van der Waals surface area contributed by atoms with Gasteiger partial charge in [-0.1, -0.05) is 6.92 Å². The number of carbonyl (C=O) groups excluding carboxylic acids is 1. The van der Waals surface area contributed by atoms with Gasteiger partial charge in [0.25, 0.3) is 5.69 Å². The van der Waals surface area contributed by atoms with Gasteiger partial charge >= 0.3 is 0 Å². The van der Waals surface area contributed by atoms with Gasteiger partial charge in [0.1, 0.15) is 5.82 Å². The van der Waals surface area contributed by atoms with Crippen LogP contribution < -0.4 is 4.90 Å². The largest absolute Gasteiger partial charge is 0.357 e. The van der Waals surface area contributed by atoms with Crippen LogP contribution in [-0.2, 0) is 4.79 Å². The normalized spacial score (nSPS) is 18.0. The highest BCUT2D eigenvalue weighted by Gasteiger charge is 2.26. The molecule has 4 rings (SSSR count). The fraction of sp³-hybridized carbons (Fsp3) is 0.522. The molecule has 0 spiro atoms. The SMILES string of the molecule is CCN1CCN(C(=O)CC2CCN(c3cc(C#N)c4cc([N+](=O)[O-])ccc4n3)CC2)CC1. The van der Waals surface area contributed by atoms with Crippen LogP contribution in [0.2, 0.25) is 0 Å². The third-order valence-corrected chi connectivity index (χ3v) is 6.68. The Kier molecular flexibility index (Phi) is 6.51. The number of aromatic nitrogens is 1. The Morgan fingerprint density at radius 3 is 2.53 bits per heavy atom. The zero-order valence-electron chi connectivity index (χ0n) is 18.4. The van der Waals surface area contributed by atoms with Crippen LogP contribution in [-0.4, -0.2) is 71.4 Å². The van der Waals surface area contributed by atoms with Crippen LogP contribution >= 0.6 is 0 Å². The first-order valence-electron chi connectivity index (χ1n) is 11.2. The first-order valence-corrected chi connectivity index (χ1v) is 11.2. The van der Waals surface area contributed by atoms with Crippen LogP contribution in [0, 0.1) is 27.4 Å². The predicted molar refractivity (Wildman–Crippen MR) is 121 cm³/mol. The van der Waals surface area contributed by atoms with Gasteiger partial charge in [0.15, 0.2) is 0 Å². The van der Waals surface area contributed by atoms with E-state index in [9.17, 15) is 20.2 Å². The average molecular weight is 437 g/mol. The Labute approximate surface area is 187 Å². The van der Waals surface area contributed by atoms with Gasteiger partial charge in [0, 0.05) is 63.2 Å². The van der Waals surface area contributed by atoms with Gasteiger partial charge in [0.2, 0.25) is 5.91 Å². The number of fused-ring (bicyclic) bond motifs is 1. The third-order valence-electron chi connectivity index (χ3n) is 6.68. The van der Waals surface area contributed by atoms with Gasteiger partial charge in [0.05, 0.1) is 22.1 Å². The molecule has 168 valence electrons. The molecule has 2 aliphatic rings. The lowest BCUT2D eigenvalue weighted by atomic mass is 9.92. The van der Waals surface area contributed by atoms with Gasteiger partial charge < -0.3 is 14.7 Å². The maximum absolute atomic E-state index is 12.7. The van der Waals surface area contributed by atoms with Crippen molar-refractivity contribution in [2.24, 2.45) is 5.92 Å². The van der Waals surface area contributed by atoms with Crippen molar-refractivity contribution in [3.05, 3.63) is 39.9 Å². The molecular formula is C23H28N6O3. The number of carbonyl (C=O) groups is 1. The molecule has 9 heteroatoms. The van der Waals surface area contributed by atoms with E-state index in [4.69, 9.17) is 0 Å². The third kappa shape index (κ3) is 4.65. The maximum Gasteiger partial charge on any atom is 0.270 e. The number of rotatable bonds is 5. The summed E-state index contributed by atoms with van der Waals surface area (Å²) < 4.78 is 0. The van der Waals surface area contributed by atoms with E-state index < -0.39 is 4.92 Å². The molecule has 0 aliphatic carbocycles. The topological polar surface area (TPSA) is 107 Å². The van der Waals surface area contributed by atoms with Crippen LogP contribution in [0.3, 0.4) is 0 Å². The van der Waals surface area contributed by atoms with Crippen molar-refractivity contribution in [1.29, 1.82) is 5.26 Å². The highest BCUT2D eigenvalue weighted by atomic mass is 16.6. The molecule has 0 atom stereocenters. The molecule has 9 nitrogen and oxygen atoms in total. The molecule has 3 heterocycles. The number of likely N-dealkylation sites (N-methyl/N-ethyl adjacent to an activating group) is 1. The molecule has 2 aliphatic heterocycles. The first kappa shape index (κ1) is 22.0. The van der Waals surface area contributed by atoms with E-state index in [1.165, 1.54) is 12.1 Å². The van der Waals surface area contributed by atoms with Crippen molar-refractivity contribution in [2.75, 3.05) is 50.7 Å². The van der Waals surface area contributed by atoms with Gasteiger partial charge in [-0.3, -0.25) is 14.9 Å². The van der Waals surface area contributed by atoms with E-state index in [0.29, 0.717) is 34.6 Å². The average Bonchev–Trinajstić information content (AvgIpc) is 2.83. The number of non-ortho nitro benzene ring substituents is 1. The molecule has 32 heavy (non-hydrogen) atoms. The number of nitriles is 1. The minimum absolute atomic E-state index is 0.0508. The second-order valence-corrected chi connectivity index (χ2v) is 8.55. The molecule has 2 aromatic rings. The van der Waals surface area contributed by atoms with E-state index in [0.717, 1.165) is 58.7 Å². The van der Waals surface area contributed by atoms with Gasteiger partial charge in [-0.25, -0.2) is 4.98 Å². The number of benzene rings is 1. The minimum atomic E-state index is -0.468. The van der Waals surface area contributed by atoms with E-state index in [1.54, 1.807) is 12.1 Å². The number of nitrogens with zero attached hydrogens (tertiary/aromatic N) is 6. The molecule has 1 amide bonds. The quantitative estimate of drug-likeness (QED) is 0.524. The monoisotopic (exact) mass is 436 g/mol. The second kappa shape index (κ2) is 9.49. The molecule has 2 fully saturated rings. The number of anilines is 1. The van der Waals surface area contributed by atoms with Crippen LogP contribution in [0.5, 0.6) is 0 Å². The Morgan fingerprint density at radius 1 is 1.19 bits per heavy atom. The van der Waals surface area contributed by atoms with Crippen molar-refractivity contribution < 1.29 is 9.72 Å². The number of hydrogen-bond donors (Lipinski definition) is 0. The lowest BCUT2D eigenvalue weighted by Crippen LogP contribution is -2.49.